The Labute approximate surface area is 136 Å². The van der Waals surface area contributed by atoms with E-state index < -0.39 is 0 Å². The normalized spacial score (nSPS) is 12.2. The number of thioether (sulfide) groups is 2. The average molecular weight is 319 g/mol. The molecular formula is C17H22N2S2. The molecule has 112 valence electrons. The molecule has 0 fully saturated rings. The van der Waals surface area contributed by atoms with E-state index in [1.165, 1.54) is 17.1 Å². The molecule has 2 rings (SSSR count). The molecule has 0 bridgehead atoms. The predicted molar refractivity (Wildman–Crippen MR) is 95.1 cm³/mol. The summed E-state index contributed by atoms with van der Waals surface area (Å²) < 4.78 is 0. The molecule has 0 aliphatic rings. The fraction of sp³-hybridized carbons (Fsp3) is 0.412. The maximum Gasteiger partial charge on any atom is 0.0411 e. The Morgan fingerprint density at radius 3 is 2.10 bits per heavy atom. The lowest BCUT2D eigenvalue weighted by molar-refractivity contribution is 1.03. The highest BCUT2D eigenvalue weighted by Crippen LogP contribution is 2.17. The summed E-state index contributed by atoms with van der Waals surface area (Å²) in [7, 11) is 0. The van der Waals surface area contributed by atoms with Crippen LogP contribution in [0, 0.1) is 0 Å². The smallest absolute Gasteiger partial charge is 0.0411 e. The van der Waals surface area contributed by atoms with Crippen molar-refractivity contribution in [2.45, 2.75) is 25.0 Å². The molecule has 0 saturated carbocycles. The molecule has 2 heterocycles. The van der Waals surface area contributed by atoms with Gasteiger partial charge >= 0.3 is 0 Å². The number of aromatic nitrogens is 2. The SMILES string of the molecule is CC(CSCCc1ccccn1)SCCc1ccccn1. The van der Waals surface area contributed by atoms with Crippen molar-refractivity contribution in [3.05, 3.63) is 60.2 Å². The Morgan fingerprint density at radius 2 is 1.52 bits per heavy atom. The zero-order chi connectivity index (χ0) is 14.8. The third kappa shape index (κ3) is 7.00. The largest absolute Gasteiger partial charge is 0.261 e. The summed E-state index contributed by atoms with van der Waals surface area (Å²) in [6.07, 6.45) is 5.87. The van der Waals surface area contributed by atoms with E-state index in [1.54, 1.807) is 0 Å². The molecule has 0 spiro atoms. The van der Waals surface area contributed by atoms with Crippen molar-refractivity contribution in [2.75, 3.05) is 17.3 Å². The van der Waals surface area contributed by atoms with Gasteiger partial charge in [0.25, 0.3) is 0 Å². The second-order valence-corrected chi connectivity index (χ2v) is 7.59. The zero-order valence-electron chi connectivity index (χ0n) is 12.4. The van der Waals surface area contributed by atoms with Crippen molar-refractivity contribution in [1.82, 2.24) is 9.97 Å². The molecule has 0 aliphatic carbocycles. The van der Waals surface area contributed by atoms with Crippen LogP contribution in [0.2, 0.25) is 0 Å². The first-order valence-corrected chi connectivity index (χ1v) is 9.54. The van der Waals surface area contributed by atoms with Gasteiger partial charge in [-0.25, -0.2) is 0 Å². The van der Waals surface area contributed by atoms with Gasteiger partial charge in [-0.15, -0.1) is 0 Å². The van der Waals surface area contributed by atoms with Crippen molar-refractivity contribution in [3.8, 4) is 0 Å². The molecule has 0 aliphatic heterocycles. The molecule has 0 N–H and O–H groups in total. The molecule has 0 aromatic carbocycles. The Kier molecular flexibility index (Phi) is 7.68. The number of aryl methyl sites for hydroxylation is 2. The molecule has 2 aromatic heterocycles. The average Bonchev–Trinajstić information content (AvgIpc) is 2.54. The number of nitrogens with zero attached hydrogens (tertiary/aromatic N) is 2. The first-order valence-electron chi connectivity index (χ1n) is 7.34. The zero-order valence-corrected chi connectivity index (χ0v) is 14.1. The molecule has 1 atom stereocenters. The van der Waals surface area contributed by atoms with Gasteiger partial charge in [0, 0.05) is 34.8 Å². The Morgan fingerprint density at radius 1 is 0.905 bits per heavy atom. The highest BCUT2D eigenvalue weighted by molar-refractivity contribution is 8.03. The van der Waals surface area contributed by atoms with Gasteiger partial charge in [0.05, 0.1) is 0 Å². The third-order valence-electron chi connectivity index (χ3n) is 3.07. The Balaban J connectivity index is 1.52. The van der Waals surface area contributed by atoms with Crippen LogP contribution in [-0.4, -0.2) is 32.5 Å². The predicted octanol–water partition coefficient (Wildman–Crippen LogP) is 4.12. The maximum absolute atomic E-state index is 4.36. The van der Waals surface area contributed by atoms with Gasteiger partial charge in [-0.1, -0.05) is 19.1 Å². The summed E-state index contributed by atoms with van der Waals surface area (Å²) in [5.74, 6) is 3.51. The molecule has 4 heteroatoms. The summed E-state index contributed by atoms with van der Waals surface area (Å²) >= 11 is 4.07. The highest BCUT2D eigenvalue weighted by atomic mass is 32.2. The first kappa shape index (κ1) is 16.4. The van der Waals surface area contributed by atoms with Gasteiger partial charge in [0.2, 0.25) is 0 Å². The van der Waals surface area contributed by atoms with Crippen LogP contribution in [0.3, 0.4) is 0 Å². The van der Waals surface area contributed by atoms with Gasteiger partial charge in [-0.05, 0) is 48.6 Å². The fourth-order valence-corrected chi connectivity index (χ4v) is 4.19. The fourth-order valence-electron chi connectivity index (χ4n) is 1.93. The lowest BCUT2D eigenvalue weighted by Crippen LogP contribution is -2.04. The molecule has 1 unspecified atom stereocenters. The highest BCUT2D eigenvalue weighted by Gasteiger charge is 2.04. The van der Waals surface area contributed by atoms with Crippen LogP contribution < -0.4 is 0 Å². The standard InChI is InChI=1S/C17H22N2S2/c1-15(21-13-9-17-7-3-5-11-19-17)14-20-12-8-16-6-2-4-10-18-16/h2-7,10-11,15H,8-9,12-14H2,1H3. The van der Waals surface area contributed by atoms with Crippen molar-refractivity contribution >= 4 is 23.5 Å². The van der Waals surface area contributed by atoms with Crippen LogP contribution in [0.25, 0.3) is 0 Å². The lowest BCUT2D eigenvalue weighted by atomic mass is 10.3. The summed E-state index contributed by atoms with van der Waals surface area (Å²) in [5, 5.41) is 0.697. The van der Waals surface area contributed by atoms with Gasteiger partial charge < -0.3 is 0 Å². The van der Waals surface area contributed by atoms with E-state index in [9.17, 15) is 0 Å². The maximum atomic E-state index is 4.36. The minimum Gasteiger partial charge on any atom is -0.261 e. The van der Waals surface area contributed by atoms with Crippen LogP contribution in [0.4, 0.5) is 0 Å². The quantitative estimate of drug-likeness (QED) is 0.650. The molecule has 2 aromatic rings. The van der Waals surface area contributed by atoms with E-state index >= 15 is 0 Å². The molecule has 2 nitrogen and oxygen atoms in total. The van der Waals surface area contributed by atoms with Gasteiger partial charge in [0.15, 0.2) is 0 Å². The molecule has 21 heavy (non-hydrogen) atoms. The van der Waals surface area contributed by atoms with Crippen molar-refractivity contribution in [1.29, 1.82) is 0 Å². The molecule has 0 saturated heterocycles. The van der Waals surface area contributed by atoms with Crippen molar-refractivity contribution < 1.29 is 0 Å². The summed E-state index contributed by atoms with van der Waals surface area (Å²) in [5.41, 5.74) is 2.39. The van der Waals surface area contributed by atoms with Gasteiger partial charge in [0.1, 0.15) is 0 Å². The van der Waals surface area contributed by atoms with Gasteiger partial charge in [-0.2, -0.15) is 23.5 Å². The number of hydrogen-bond donors (Lipinski definition) is 0. The van der Waals surface area contributed by atoms with E-state index in [-0.39, 0.29) is 0 Å². The van der Waals surface area contributed by atoms with Crippen LogP contribution in [-0.2, 0) is 12.8 Å². The van der Waals surface area contributed by atoms with Crippen molar-refractivity contribution in [3.63, 3.8) is 0 Å². The van der Waals surface area contributed by atoms with E-state index in [2.05, 4.69) is 41.2 Å². The van der Waals surface area contributed by atoms with E-state index in [0.29, 0.717) is 5.25 Å². The summed E-state index contributed by atoms with van der Waals surface area (Å²) in [4.78, 5) is 8.71. The topological polar surface area (TPSA) is 25.8 Å². The van der Waals surface area contributed by atoms with Crippen molar-refractivity contribution in [2.24, 2.45) is 0 Å². The lowest BCUT2D eigenvalue weighted by Gasteiger charge is -2.10. The second-order valence-electron chi connectivity index (χ2n) is 4.90. The second kappa shape index (κ2) is 9.85. The monoisotopic (exact) mass is 318 g/mol. The minimum absolute atomic E-state index is 0.697. The van der Waals surface area contributed by atoms with Crippen LogP contribution in [0.1, 0.15) is 18.3 Å². The minimum atomic E-state index is 0.697. The summed E-state index contributed by atoms with van der Waals surface area (Å²) in [6.45, 7) is 2.32. The number of rotatable bonds is 9. The van der Waals surface area contributed by atoms with Crippen LogP contribution >= 0.6 is 23.5 Å². The van der Waals surface area contributed by atoms with E-state index in [1.807, 2.05) is 48.1 Å². The van der Waals surface area contributed by atoms with E-state index in [4.69, 9.17) is 0 Å². The molecule has 0 radical (unpaired) electrons. The third-order valence-corrected chi connectivity index (χ3v) is 5.68. The van der Waals surface area contributed by atoms with E-state index in [0.717, 1.165) is 24.3 Å². The summed E-state index contributed by atoms with van der Waals surface area (Å²) in [6, 6.07) is 12.3. The Hall–Kier alpha value is -1.00. The first-order chi connectivity index (χ1) is 10.3. The number of pyridine rings is 2. The van der Waals surface area contributed by atoms with Gasteiger partial charge in [-0.3, -0.25) is 9.97 Å². The molecule has 0 amide bonds. The van der Waals surface area contributed by atoms with Crippen LogP contribution in [0.15, 0.2) is 48.8 Å². The van der Waals surface area contributed by atoms with Crippen LogP contribution in [0.5, 0.6) is 0 Å². The Bertz CT molecular complexity index is 491. The molecular weight excluding hydrogens is 296 g/mol. The number of hydrogen-bond acceptors (Lipinski definition) is 4.